The van der Waals surface area contributed by atoms with Gasteiger partial charge in [-0.25, -0.2) is 0 Å². The molecule has 1 N–H and O–H groups in total. The number of piperidine rings is 1. The third kappa shape index (κ3) is 5.06. The maximum atomic E-state index is 12.7. The first-order chi connectivity index (χ1) is 13.8. The lowest BCUT2D eigenvalue weighted by Crippen LogP contribution is -2.52. The number of carbonyl (C=O) groups is 1. The second kappa shape index (κ2) is 9.75. The van der Waals surface area contributed by atoms with Crippen LogP contribution in [0.15, 0.2) is 24.3 Å². The van der Waals surface area contributed by atoms with E-state index in [0.29, 0.717) is 6.54 Å². The summed E-state index contributed by atoms with van der Waals surface area (Å²) < 4.78 is 0. The van der Waals surface area contributed by atoms with Gasteiger partial charge in [0.2, 0.25) is 5.91 Å². The number of amides is 1. The van der Waals surface area contributed by atoms with Gasteiger partial charge in [-0.1, -0.05) is 31.4 Å². The minimum atomic E-state index is 0.121. The smallest absolute Gasteiger partial charge is 0.238 e. The maximum Gasteiger partial charge on any atom is 0.238 e. The van der Waals surface area contributed by atoms with Crippen molar-refractivity contribution >= 4 is 17.3 Å². The molecule has 2 aliphatic heterocycles. The van der Waals surface area contributed by atoms with Crippen molar-refractivity contribution in [3.63, 3.8) is 0 Å². The zero-order valence-electron chi connectivity index (χ0n) is 17.2. The summed E-state index contributed by atoms with van der Waals surface area (Å²) in [6.07, 6.45) is 10.7. The molecular formula is C23H36N4O. The molecule has 5 nitrogen and oxygen atoms in total. The Morgan fingerprint density at radius 1 is 0.857 bits per heavy atom. The average Bonchev–Trinajstić information content (AvgIpc) is 2.76. The number of carbonyl (C=O) groups excluding carboxylic acids is 1. The molecule has 154 valence electrons. The van der Waals surface area contributed by atoms with Crippen LogP contribution < -0.4 is 10.2 Å². The Bertz CT molecular complexity index is 629. The highest BCUT2D eigenvalue weighted by atomic mass is 16.2. The first kappa shape index (κ1) is 19.7. The molecular weight excluding hydrogens is 348 g/mol. The van der Waals surface area contributed by atoms with E-state index in [9.17, 15) is 4.79 Å². The summed E-state index contributed by atoms with van der Waals surface area (Å²) in [6, 6.07) is 9.07. The standard InChI is InChI=1S/C23H36N4O/c28-23(19-25-15-17-26(18-16-25)20-9-3-1-4-10-20)24-21-11-5-6-12-22(21)27-13-7-2-8-14-27/h5-6,11-12,20H,1-4,7-10,13-19H2,(H,24,28). The Kier molecular flexibility index (Phi) is 6.86. The molecule has 0 bridgehead atoms. The van der Waals surface area contributed by atoms with Gasteiger partial charge in [-0.3, -0.25) is 14.6 Å². The number of nitrogens with one attached hydrogen (secondary N) is 1. The van der Waals surface area contributed by atoms with E-state index in [1.807, 2.05) is 12.1 Å². The molecule has 2 heterocycles. The molecule has 2 saturated heterocycles. The number of hydrogen-bond donors (Lipinski definition) is 1. The molecule has 0 atom stereocenters. The molecule has 4 rings (SSSR count). The summed E-state index contributed by atoms with van der Waals surface area (Å²) >= 11 is 0. The van der Waals surface area contributed by atoms with Crippen LogP contribution in [-0.2, 0) is 4.79 Å². The molecule has 0 aromatic heterocycles. The normalized spacial score (nSPS) is 22.9. The van der Waals surface area contributed by atoms with E-state index in [4.69, 9.17) is 0 Å². The molecule has 0 radical (unpaired) electrons. The Hall–Kier alpha value is -1.59. The van der Waals surface area contributed by atoms with E-state index in [2.05, 4.69) is 32.1 Å². The second-order valence-electron chi connectivity index (χ2n) is 8.72. The van der Waals surface area contributed by atoms with Crippen LogP contribution in [0.1, 0.15) is 51.4 Å². The van der Waals surface area contributed by atoms with Crippen LogP contribution >= 0.6 is 0 Å². The summed E-state index contributed by atoms with van der Waals surface area (Å²) in [4.78, 5) is 20.1. The number of benzene rings is 1. The van der Waals surface area contributed by atoms with Crippen molar-refractivity contribution < 1.29 is 4.79 Å². The molecule has 1 amide bonds. The highest BCUT2D eigenvalue weighted by Gasteiger charge is 2.26. The lowest BCUT2D eigenvalue weighted by molar-refractivity contribution is -0.117. The van der Waals surface area contributed by atoms with Gasteiger partial charge in [0.1, 0.15) is 0 Å². The fourth-order valence-corrected chi connectivity index (χ4v) is 5.12. The Morgan fingerprint density at radius 2 is 1.54 bits per heavy atom. The zero-order valence-corrected chi connectivity index (χ0v) is 17.2. The molecule has 28 heavy (non-hydrogen) atoms. The fraction of sp³-hybridized carbons (Fsp3) is 0.696. The van der Waals surface area contributed by atoms with Crippen molar-refractivity contribution in [2.75, 3.05) is 56.0 Å². The predicted molar refractivity (Wildman–Crippen MR) is 116 cm³/mol. The number of piperazine rings is 1. The van der Waals surface area contributed by atoms with E-state index in [0.717, 1.165) is 51.0 Å². The SMILES string of the molecule is O=C(CN1CCN(C2CCCCC2)CC1)Nc1ccccc1N1CCCCC1. The third-order valence-electron chi connectivity index (χ3n) is 6.74. The number of nitrogens with zero attached hydrogens (tertiary/aromatic N) is 3. The molecule has 0 unspecified atom stereocenters. The van der Waals surface area contributed by atoms with Crippen LogP contribution in [0.4, 0.5) is 11.4 Å². The van der Waals surface area contributed by atoms with Crippen molar-refractivity contribution in [2.45, 2.75) is 57.4 Å². The zero-order chi connectivity index (χ0) is 19.2. The van der Waals surface area contributed by atoms with Gasteiger partial charge >= 0.3 is 0 Å². The van der Waals surface area contributed by atoms with Gasteiger partial charge in [0.05, 0.1) is 17.9 Å². The van der Waals surface area contributed by atoms with Crippen molar-refractivity contribution in [3.05, 3.63) is 24.3 Å². The Balaban J connectivity index is 1.27. The van der Waals surface area contributed by atoms with Crippen LogP contribution in [0.5, 0.6) is 0 Å². The molecule has 3 fully saturated rings. The number of anilines is 2. The Morgan fingerprint density at radius 3 is 2.29 bits per heavy atom. The molecule has 0 spiro atoms. The van der Waals surface area contributed by atoms with Gasteiger partial charge in [0.15, 0.2) is 0 Å². The van der Waals surface area contributed by atoms with Gasteiger partial charge in [0.25, 0.3) is 0 Å². The maximum absolute atomic E-state index is 12.7. The minimum absolute atomic E-state index is 0.121. The molecule has 5 heteroatoms. The van der Waals surface area contributed by atoms with Gasteiger partial charge in [0, 0.05) is 45.3 Å². The summed E-state index contributed by atoms with van der Waals surface area (Å²) in [7, 11) is 0. The van der Waals surface area contributed by atoms with Gasteiger partial charge in [-0.05, 0) is 44.2 Å². The van der Waals surface area contributed by atoms with Crippen LogP contribution in [0.25, 0.3) is 0 Å². The van der Waals surface area contributed by atoms with Gasteiger partial charge in [-0.2, -0.15) is 0 Å². The quantitative estimate of drug-likeness (QED) is 0.842. The minimum Gasteiger partial charge on any atom is -0.370 e. The number of rotatable bonds is 5. The summed E-state index contributed by atoms with van der Waals surface area (Å²) in [5.41, 5.74) is 2.15. The van der Waals surface area contributed by atoms with E-state index in [1.54, 1.807) is 0 Å². The van der Waals surface area contributed by atoms with Gasteiger partial charge < -0.3 is 10.2 Å². The van der Waals surface area contributed by atoms with Crippen molar-refractivity contribution in [3.8, 4) is 0 Å². The highest BCUT2D eigenvalue weighted by Crippen LogP contribution is 2.28. The van der Waals surface area contributed by atoms with E-state index in [1.165, 1.54) is 57.1 Å². The first-order valence-corrected chi connectivity index (χ1v) is 11.4. The van der Waals surface area contributed by atoms with E-state index in [-0.39, 0.29) is 5.91 Å². The van der Waals surface area contributed by atoms with E-state index < -0.39 is 0 Å². The first-order valence-electron chi connectivity index (χ1n) is 11.4. The predicted octanol–water partition coefficient (Wildman–Crippen LogP) is 3.57. The second-order valence-corrected chi connectivity index (χ2v) is 8.72. The highest BCUT2D eigenvalue weighted by molar-refractivity contribution is 5.95. The third-order valence-corrected chi connectivity index (χ3v) is 6.74. The van der Waals surface area contributed by atoms with Crippen molar-refractivity contribution in [1.29, 1.82) is 0 Å². The fourth-order valence-electron chi connectivity index (χ4n) is 5.12. The van der Waals surface area contributed by atoms with Crippen LogP contribution in [-0.4, -0.2) is 67.6 Å². The summed E-state index contributed by atoms with van der Waals surface area (Å²) in [6.45, 7) is 6.94. The topological polar surface area (TPSA) is 38.8 Å². The molecule has 1 aliphatic carbocycles. The molecule has 1 aromatic carbocycles. The van der Waals surface area contributed by atoms with Crippen molar-refractivity contribution in [1.82, 2.24) is 9.80 Å². The number of para-hydroxylation sites is 2. The lowest BCUT2D eigenvalue weighted by atomic mass is 9.94. The van der Waals surface area contributed by atoms with Crippen molar-refractivity contribution in [2.24, 2.45) is 0 Å². The summed E-state index contributed by atoms with van der Waals surface area (Å²) in [5.74, 6) is 0.121. The molecule has 1 aromatic rings. The Labute approximate surface area is 170 Å². The lowest BCUT2D eigenvalue weighted by Gasteiger charge is -2.40. The molecule has 1 saturated carbocycles. The van der Waals surface area contributed by atoms with Crippen LogP contribution in [0.2, 0.25) is 0 Å². The number of hydrogen-bond acceptors (Lipinski definition) is 4. The summed E-state index contributed by atoms with van der Waals surface area (Å²) in [5, 5.41) is 3.19. The van der Waals surface area contributed by atoms with Crippen LogP contribution in [0, 0.1) is 0 Å². The van der Waals surface area contributed by atoms with Gasteiger partial charge in [-0.15, -0.1) is 0 Å². The van der Waals surface area contributed by atoms with Crippen LogP contribution in [0.3, 0.4) is 0 Å². The average molecular weight is 385 g/mol. The largest absolute Gasteiger partial charge is 0.370 e. The molecule has 3 aliphatic rings. The van der Waals surface area contributed by atoms with E-state index >= 15 is 0 Å². The monoisotopic (exact) mass is 384 g/mol.